The van der Waals surface area contributed by atoms with Crippen LogP contribution in [0, 0.1) is 13.8 Å². The fraction of sp³-hybridized carbons (Fsp3) is 0.364. The first-order valence-electron chi connectivity index (χ1n) is 9.32. The van der Waals surface area contributed by atoms with E-state index in [0.717, 1.165) is 16.7 Å². The van der Waals surface area contributed by atoms with E-state index in [1.54, 1.807) is 4.90 Å². The number of piperazine rings is 1. The smallest absolute Gasteiger partial charge is 0.260 e. The normalized spacial score (nSPS) is 14.1. The van der Waals surface area contributed by atoms with Gasteiger partial charge < -0.3 is 14.5 Å². The maximum Gasteiger partial charge on any atom is 0.260 e. The third kappa shape index (κ3) is 5.33. The van der Waals surface area contributed by atoms with Gasteiger partial charge in [0.25, 0.3) is 5.91 Å². The van der Waals surface area contributed by atoms with Gasteiger partial charge in [0, 0.05) is 26.2 Å². The lowest BCUT2D eigenvalue weighted by Gasteiger charge is -2.34. The second-order valence-corrected chi connectivity index (χ2v) is 7.03. The van der Waals surface area contributed by atoms with Crippen LogP contribution >= 0.6 is 0 Å². The van der Waals surface area contributed by atoms with Crippen molar-refractivity contribution in [3.05, 3.63) is 65.2 Å². The summed E-state index contributed by atoms with van der Waals surface area (Å²) in [7, 11) is 0. The molecule has 1 aliphatic rings. The summed E-state index contributed by atoms with van der Waals surface area (Å²) in [6, 6.07) is 15.7. The summed E-state index contributed by atoms with van der Waals surface area (Å²) in [6.07, 6.45) is 0.409. The maximum absolute atomic E-state index is 12.5. The predicted molar refractivity (Wildman–Crippen MR) is 105 cm³/mol. The molecule has 2 amide bonds. The zero-order valence-corrected chi connectivity index (χ0v) is 16.0. The molecule has 1 heterocycles. The SMILES string of the molecule is Cc1ccc(OCC(=O)N2CCN(C(=O)Cc3cccc(C)c3)CC2)cc1. The van der Waals surface area contributed by atoms with Gasteiger partial charge in [-0.15, -0.1) is 0 Å². The van der Waals surface area contributed by atoms with E-state index >= 15 is 0 Å². The molecular formula is C22H26N2O3. The summed E-state index contributed by atoms with van der Waals surface area (Å²) in [4.78, 5) is 28.4. The van der Waals surface area contributed by atoms with Crippen LogP contribution in [-0.2, 0) is 16.0 Å². The Morgan fingerprint density at radius 1 is 0.852 bits per heavy atom. The molecule has 1 fully saturated rings. The van der Waals surface area contributed by atoms with Crippen molar-refractivity contribution < 1.29 is 14.3 Å². The third-order valence-corrected chi connectivity index (χ3v) is 4.81. The number of nitrogens with zero attached hydrogens (tertiary/aromatic N) is 2. The average molecular weight is 366 g/mol. The molecule has 0 bridgehead atoms. The van der Waals surface area contributed by atoms with E-state index in [4.69, 9.17) is 4.74 Å². The van der Waals surface area contributed by atoms with E-state index in [1.165, 1.54) is 0 Å². The molecule has 0 unspecified atom stereocenters. The summed E-state index contributed by atoms with van der Waals surface area (Å²) in [5.74, 6) is 0.769. The van der Waals surface area contributed by atoms with Crippen molar-refractivity contribution in [2.75, 3.05) is 32.8 Å². The number of amides is 2. The Morgan fingerprint density at radius 3 is 2.11 bits per heavy atom. The number of carbonyl (C=O) groups excluding carboxylic acids is 2. The topological polar surface area (TPSA) is 49.9 Å². The molecule has 3 rings (SSSR count). The van der Waals surface area contributed by atoms with Gasteiger partial charge in [-0.05, 0) is 31.5 Å². The number of rotatable bonds is 5. The van der Waals surface area contributed by atoms with Crippen LogP contribution in [0.3, 0.4) is 0 Å². The molecule has 5 heteroatoms. The highest BCUT2D eigenvalue weighted by Crippen LogP contribution is 2.12. The standard InChI is InChI=1S/C22H26N2O3/c1-17-6-8-20(9-7-17)27-16-22(26)24-12-10-23(11-13-24)21(25)15-19-5-3-4-18(2)14-19/h3-9,14H,10-13,15-16H2,1-2H3. The molecule has 5 nitrogen and oxygen atoms in total. The van der Waals surface area contributed by atoms with Crippen LogP contribution in [0.5, 0.6) is 5.75 Å². The quantitative estimate of drug-likeness (QED) is 0.817. The van der Waals surface area contributed by atoms with E-state index in [9.17, 15) is 9.59 Å². The third-order valence-electron chi connectivity index (χ3n) is 4.81. The van der Waals surface area contributed by atoms with Crippen molar-refractivity contribution in [2.24, 2.45) is 0 Å². The van der Waals surface area contributed by atoms with Gasteiger partial charge in [-0.3, -0.25) is 9.59 Å². The van der Waals surface area contributed by atoms with Crippen LogP contribution in [-0.4, -0.2) is 54.4 Å². The number of ether oxygens (including phenoxy) is 1. The minimum absolute atomic E-state index is 0.0281. The zero-order valence-electron chi connectivity index (χ0n) is 16.0. The summed E-state index contributed by atoms with van der Waals surface area (Å²) in [5, 5.41) is 0. The monoisotopic (exact) mass is 366 g/mol. The van der Waals surface area contributed by atoms with Crippen LogP contribution in [0.1, 0.15) is 16.7 Å². The first-order chi connectivity index (χ1) is 13.0. The number of benzene rings is 2. The van der Waals surface area contributed by atoms with E-state index in [2.05, 4.69) is 0 Å². The zero-order chi connectivity index (χ0) is 19.2. The minimum Gasteiger partial charge on any atom is -0.484 e. The molecular weight excluding hydrogens is 340 g/mol. The van der Waals surface area contributed by atoms with Crippen molar-refractivity contribution in [3.63, 3.8) is 0 Å². The predicted octanol–water partition coefficient (Wildman–Crippen LogP) is 2.60. The molecule has 2 aromatic rings. The molecule has 0 N–H and O–H groups in total. The Balaban J connectivity index is 1.44. The van der Waals surface area contributed by atoms with E-state index in [-0.39, 0.29) is 18.4 Å². The van der Waals surface area contributed by atoms with E-state index in [0.29, 0.717) is 38.3 Å². The van der Waals surface area contributed by atoms with Crippen molar-refractivity contribution in [1.29, 1.82) is 0 Å². The van der Waals surface area contributed by atoms with Crippen LogP contribution in [0.4, 0.5) is 0 Å². The highest BCUT2D eigenvalue weighted by molar-refractivity contribution is 5.80. The van der Waals surface area contributed by atoms with Crippen molar-refractivity contribution in [3.8, 4) is 5.75 Å². The lowest BCUT2D eigenvalue weighted by Crippen LogP contribution is -2.52. The first kappa shape index (κ1) is 19.0. The largest absolute Gasteiger partial charge is 0.484 e. The Bertz CT molecular complexity index is 793. The molecule has 2 aromatic carbocycles. The maximum atomic E-state index is 12.5. The van der Waals surface area contributed by atoms with Gasteiger partial charge in [0.05, 0.1) is 6.42 Å². The summed E-state index contributed by atoms with van der Waals surface area (Å²) in [5.41, 5.74) is 3.34. The lowest BCUT2D eigenvalue weighted by molar-refractivity contribution is -0.140. The summed E-state index contributed by atoms with van der Waals surface area (Å²) >= 11 is 0. The van der Waals surface area contributed by atoms with Crippen molar-refractivity contribution in [1.82, 2.24) is 9.80 Å². The van der Waals surface area contributed by atoms with Crippen LogP contribution in [0.15, 0.2) is 48.5 Å². The fourth-order valence-electron chi connectivity index (χ4n) is 3.18. The van der Waals surface area contributed by atoms with Gasteiger partial charge in [0.2, 0.25) is 5.91 Å². The molecule has 0 aliphatic carbocycles. The minimum atomic E-state index is -0.0404. The Hall–Kier alpha value is -2.82. The molecule has 0 saturated carbocycles. The van der Waals surface area contributed by atoms with Crippen LogP contribution < -0.4 is 4.74 Å². The molecule has 0 spiro atoms. The molecule has 1 saturated heterocycles. The fourth-order valence-corrected chi connectivity index (χ4v) is 3.18. The van der Waals surface area contributed by atoms with Gasteiger partial charge in [0.15, 0.2) is 6.61 Å². The van der Waals surface area contributed by atoms with Gasteiger partial charge >= 0.3 is 0 Å². The number of hydrogen-bond donors (Lipinski definition) is 0. The Labute approximate surface area is 160 Å². The molecule has 0 aromatic heterocycles. The highest BCUT2D eigenvalue weighted by atomic mass is 16.5. The lowest BCUT2D eigenvalue weighted by atomic mass is 10.1. The molecule has 0 atom stereocenters. The second kappa shape index (κ2) is 8.71. The number of aryl methyl sites for hydroxylation is 2. The van der Waals surface area contributed by atoms with Gasteiger partial charge in [0.1, 0.15) is 5.75 Å². The number of carbonyl (C=O) groups is 2. The van der Waals surface area contributed by atoms with Crippen LogP contribution in [0.25, 0.3) is 0 Å². The van der Waals surface area contributed by atoms with Crippen molar-refractivity contribution >= 4 is 11.8 Å². The van der Waals surface area contributed by atoms with Gasteiger partial charge in [-0.1, -0.05) is 47.5 Å². The highest BCUT2D eigenvalue weighted by Gasteiger charge is 2.24. The first-order valence-corrected chi connectivity index (χ1v) is 9.32. The van der Waals surface area contributed by atoms with Crippen molar-refractivity contribution in [2.45, 2.75) is 20.3 Å². The Morgan fingerprint density at radius 2 is 1.48 bits per heavy atom. The Kier molecular flexibility index (Phi) is 6.12. The molecule has 142 valence electrons. The second-order valence-electron chi connectivity index (χ2n) is 7.03. The number of hydrogen-bond acceptors (Lipinski definition) is 3. The van der Waals surface area contributed by atoms with Gasteiger partial charge in [-0.25, -0.2) is 0 Å². The molecule has 1 aliphatic heterocycles. The molecule has 27 heavy (non-hydrogen) atoms. The summed E-state index contributed by atoms with van der Waals surface area (Å²) in [6.45, 7) is 6.30. The van der Waals surface area contributed by atoms with Gasteiger partial charge in [-0.2, -0.15) is 0 Å². The average Bonchev–Trinajstić information content (AvgIpc) is 2.67. The molecule has 0 radical (unpaired) electrons. The van der Waals surface area contributed by atoms with E-state index < -0.39 is 0 Å². The van der Waals surface area contributed by atoms with Crippen LogP contribution in [0.2, 0.25) is 0 Å². The summed E-state index contributed by atoms with van der Waals surface area (Å²) < 4.78 is 5.57. The van der Waals surface area contributed by atoms with E-state index in [1.807, 2.05) is 67.3 Å².